The first-order valence-electron chi connectivity index (χ1n) is 31.8. The van der Waals surface area contributed by atoms with Gasteiger partial charge in [0, 0.05) is 6.26 Å². The van der Waals surface area contributed by atoms with Crippen LogP contribution in [0.15, 0.2) is 291 Å². The van der Waals surface area contributed by atoms with Crippen LogP contribution < -0.4 is 77.8 Å². The molecule has 0 aromatic heterocycles. The van der Waals surface area contributed by atoms with E-state index < -0.39 is 41.8 Å². The maximum atomic E-state index is 9.08. The highest BCUT2D eigenvalue weighted by Crippen LogP contribution is 2.37. The lowest BCUT2D eigenvalue weighted by molar-refractivity contribution is -0.001000. The molecular formula is C85H91F3O3P4S. The van der Waals surface area contributed by atoms with Gasteiger partial charge in [0.1, 0.15) is 63.7 Å². The summed E-state index contributed by atoms with van der Waals surface area (Å²) in [5.41, 5.74) is 15.8. The van der Waals surface area contributed by atoms with Crippen molar-refractivity contribution in [2.75, 3.05) is 6.26 Å². The predicted molar refractivity (Wildman–Crippen MR) is 419 cm³/mol. The Hall–Kier alpha value is -7.94. The molecule has 0 fully saturated rings. The fourth-order valence-corrected chi connectivity index (χ4v) is 20.6. The minimum absolute atomic E-state index is 0. The Balaban J connectivity index is 0.000000224. The second-order valence-corrected chi connectivity index (χ2v) is 35.9. The van der Waals surface area contributed by atoms with Gasteiger partial charge in [-0.05, 0) is 229 Å². The van der Waals surface area contributed by atoms with Crippen LogP contribution in [0, 0.1) is 83.1 Å². The van der Waals surface area contributed by atoms with Crippen LogP contribution in [0.2, 0.25) is 0 Å². The summed E-state index contributed by atoms with van der Waals surface area (Å²) in [6, 6.07) is 108. The molecular weight excluding hydrogens is 1280 g/mol. The summed E-state index contributed by atoms with van der Waals surface area (Å²) in [6.07, 6.45) is 0.604. The van der Waals surface area contributed by atoms with Crippen molar-refractivity contribution in [3.05, 3.63) is 358 Å². The van der Waals surface area contributed by atoms with Crippen molar-refractivity contribution in [3.63, 3.8) is 0 Å². The summed E-state index contributed by atoms with van der Waals surface area (Å²) in [5.74, 6) is 0. The van der Waals surface area contributed by atoms with Crippen molar-refractivity contribution < 1.29 is 27.1 Å². The normalized spacial score (nSPS) is 10.6. The average molecular weight is 1370 g/mol. The van der Waals surface area contributed by atoms with Gasteiger partial charge in [-0.15, -0.1) is 0 Å². The van der Waals surface area contributed by atoms with Crippen molar-refractivity contribution >= 4 is 105 Å². The van der Waals surface area contributed by atoms with E-state index >= 15 is 0 Å². The summed E-state index contributed by atoms with van der Waals surface area (Å²) >= 11 is 0. The van der Waals surface area contributed by atoms with E-state index in [1.807, 2.05) is 0 Å². The van der Waals surface area contributed by atoms with Crippen molar-refractivity contribution in [2.45, 2.75) is 83.1 Å². The van der Waals surface area contributed by atoms with Crippen molar-refractivity contribution in [2.24, 2.45) is 0 Å². The van der Waals surface area contributed by atoms with E-state index in [0.717, 1.165) is 0 Å². The molecule has 3 nitrogen and oxygen atoms in total. The molecule has 0 aliphatic heterocycles. The van der Waals surface area contributed by atoms with E-state index in [-0.39, 0.29) is 14.1 Å². The zero-order valence-electron chi connectivity index (χ0n) is 57.5. The highest BCUT2D eigenvalue weighted by atomic mass is 32.2. The third kappa shape index (κ3) is 24.3. The van der Waals surface area contributed by atoms with Gasteiger partial charge in [0.15, 0.2) is 0 Å². The number of hydrogen-bond acceptors (Lipinski definition) is 3. The molecule has 12 aromatic rings. The maximum absolute atomic E-state index is 9.08. The first-order valence-corrected chi connectivity index (χ1v) is 39.6. The molecule has 0 N–H and O–H groups in total. The molecule has 496 valence electrons. The van der Waals surface area contributed by atoms with E-state index in [0.29, 0.717) is 6.26 Å². The van der Waals surface area contributed by atoms with E-state index in [4.69, 9.17) is 13.0 Å². The van der Waals surface area contributed by atoms with Crippen LogP contribution in [0.3, 0.4) is 0 Å². The minimum atomic E-state index is -3.92. The van der Waals surface area contributed by atoms with Crippen LogP contribution in [-0.2, 0) is 10.1 Å². The van der Waals surface area contributed by atoms with Gasteiger partial charge in [-0.3, -0.25) is 0 Å². The number of rotatable bonds is 12. The lowest BCUT2D eigenvalue weighted by atomic mass is 10.2. The average Bonchev–Trinajstić information content (AvgIpc) is 0.873. The quantitative estimate of drug-likeness (QED) is 0.103. The molecule has 96 heavy (non-hydrogen) atoms. The molecule has 0 atom stereocenters. The molecule has 12 rings (SSSR count). The Bertz CT molecular complexity index is 3360. The zero-order valence-corrected chi connectivity index (χ0v) is 62.3. The molecule has 0 heterocycles. The third-order valence-electron chi connectivity index (χ3n) is 16.1. The molecule has 0 saturated carbocycles. The second kappa shape index (κ2) is 38.1. The highest BCUT2D eigenvalue weighted by Gasteiger charge is 2.29. The second-order valence-electron chi connectivity index (χ2n) is 24.6. The van der Waals surface area contributed by atoms with Crippen LogP contribution in [-0.4, -0.2) is 19.2 Å². The van der Waals surface area contributed by atoms with Crippen LogP contribution >= 0.6 is 31.7 Å². The summed E-state index contributed by atoms with van der Waals surface area (Å²) in [5, 5.41) is 17.4. The first-order chi connectivity index (χ1) is 44.5. The lowest BCUT2D eigenvalue weighted by Crippen LogP contribution is -3.00. The van der Waals surface area contributed by atoms with Gasteiger partial charge in [-0.25, -0.2) is 8.42 Å². The Labute approximate surface area is 576 Å². The number of halogens is 3. The summed E-state index contributed by atoms with van der Waals surface area (Å²) in [4.78, 5) is 0. The van der Waals surface area contributed by atoms with Crippen LogP contribution in [0.4, 0.5) is 0 Å². The molecule has 0 spiro atoms. The summed E-state index contributed by atoms with van der Waals surface area (Å²) in [6.45, 7) is 25.8. The Kier molecular flexibility index (Phi) is 31.3. The monoisotopic (exact) mass is 1370 g/mol. The SMILES string of the molecule is CS(=O)(=O)[O-].Cc1ccc([PH+](c2ccc(C)cc2)c2ccc(C)cc2)cc1.Cc1ccc([PH+](c2ccc(C)cc2)c2ccc(C)cc2)cc1.Cc1ccc([PH+](c2ccc(C)cc2)c2ccc(C)cc2)cc1.Cc1ccc([PH+](c2ccc(C)cc2)c2ccc(C)cc2)cc1.[F-].[F-].[F-]. The number of benzene rings is 12. The van der Waals surface area contributed by atoms with E-state index in [1.165, 1.54) is 130 Å². The smallest absolute Gasteiger partial charge is 0.102 e. The van der Waals surface area contributed by atoms with Gasteiger partial charge in [0.05, 0.1) is 41.8 Å². The van der Waals surface area contributed by atoms with Crippen LogP contribution in [0.1, 0.15) is 66.8 Å². The van der Waals surface area contributed by atoms with Crippen molar-refractivity contribution in [3.8, 4) is 0 Å². The molecule has 0 bridgehead atoms. The van der Waals surface area contributed by atoms with E-state index in [2.05, 4.69) is 374 Å². The van der Waals surface area contributed by atoms with Gasteiger partial charge in [0.25, 0.3) is 0 Å². The van der Waals surface area contributed by atoms with Gasteiger partial charge in [-0.2, -0.15) is 0 Å². The Morgan fingerprint density at radius 1 is 0.177 bits per heavy atom. The predicted octanol–water partition coefficient (Wildman–Crippen LogP) is 6.58. The molecule has 12 aromatic carbocycles. The van der Waals surface area contributed by atoms with E-state index in [9.17, 15) is 0 Å². The van der Waals surface area contributed by atoms with Gasteiger partial charge in [-0.1, -0.05) is 212 Å². The fraction of sp³-hybridized carbons (Fsp3) is 0.153. The standard InChI is InChI=1S/4C21H21P.CH4O3S.3FH/c4*1-16-4-10-19(11-5-16)22(20-12-6-17(2)7-13-20)21-14-8-18(3)9-15-21;1-5(2,3)4;;;/h4*4-15H,1-3H3;1H3,(H,2,3,4);3*1H. The molecule has 0 aliphatic rings. The van der Waals surface area contributed by atoms with Gasteiger partial charge >= 0.3 is 0 Å². The molecule has 0 radical (unpaired) electrons. The minimum Gasteiger partial charge on any atom is -1.00 e. The summed E-state index contributed by atoms with van der Waals surface area (Å²) < 4.78 is 27.2. The molecule has 11 heteroatoms. The van der Waals surface area contributed by atoms with Crippen molar-refractivity contribution in [1.82, 2.24) is 0 Å². The first kappa shape index (κ1) is 78.8. The van der Waals surface area contributed by atoms with Crippen LogP contribution in [0.5, 0.6) is 0 Å². The Morgan fingerprint density at radius 2 is 0.229 bits per heavy atom. The van der Waals surface area contributed by atoms with Crippen molar-refractivity contribution in [1.29, 1.82) is 0 Å². The summed E-state index contributed by atoms with van der Waals surface area (Å²) in [7, 11) is -7.62. The van der Waals surface area contributed by atoms with Gasteiger partial charge in [0.2, 0.25) is 0 Å². The maximum Gasteiger partial charge on any atom is 0.102 e. The number of hydrogen-bond donors (Lipinski definition) is 0. The number of aryl methyl sites for hydroxylation is 12. The fourth-order valence-electron chi connectivity index (χ4n) is 10.6. The highest BCUT2D eigenvalue weighted by molar-refractivity contribution is 7.85. The topological polar surface area (TPSA) is 57.2 Å². The third-order valence-corrected chi connectivity index (χ3v) is 27.0. The molecule has 0 unspecified atom stereocenters. The molecule has 0 saturated heterocycles. The largest absolute Gasteiger partial charge is 1.00 e. The Morgan fingerprint density at radius 3 is 0.281 bits per heavy atom. The van der Waals surface area contributed by atoms with Crippen LogP contribution in [0.25, 0.3) is 0 Å². The zero-order chi connectivity index (χ0) is 66.6. The molecule has 0 aliphatic carbocycles. The van der Waals surface area contributed by atoms with Gasteiger partial charge < -0.3 is 18.7 Å². The molecule has 0 amide bonds. The van der Waals surface area contributed by atoms with E-state index in [1.54, 1.807) is 0 Å². The lowest BCUT2D eigenvalue weighted by Gasteiger charge is -2.11.